The minimum Gasteiger partial charge on any atom is -0.373 e. The van der Waals surface area contributed by atoms with Crippen LogP contribution in [0.5, 0.6) is 0 Å². The van der Waals surface area contributed by atoms with E-state index in [0.29, 0.717) is 19.8 Å². The molecule has 0 radical (unpaired) electrons. The summed E-state index contributed by atoms with van der Waals surface area (Å²) in [4.78, 5) is 0. The third-order valence-corrected chi connectivity index (χ3v) is 4.04. The van der Waals surface area contributed by atoms with Crippen molar-refractivity contribution in [3.8, 4) is 0 Å². The van der Waals surface area contributed by atoms with Crippen LogP contribution in [0.4, 0.5) is 0 Å². The van der Waals surface area contributed by atoms with Crippen molar-refractivity contribution in [3.05, 3.63) is 23.2 Å². The third-order valence-electron chi connectivity index (χ3n) is 3.16. The van der Waals surface area contributed by atoms with Gasteiger partial charge in [-0.2, -0.15) is 0 Å². The fourth-order valence-corrected chi connectivity index (χ4v) is 3.04. The van der Waals surface area contributed by atoms with Gasteiger partial charge < -0.3 is 14.2 Å². The van der Waals surface area contributed by atoms with E-state index in [-0.39, 0.29) is 12.0 Å². The largest absolute Gasteiger partial charge is 0.373 e. The molecule has 2 rings (SSSR count). The molecule has 1 fully saturated rings. The number of ether oxygens (including phenoxy) is 3. The molecule has 0 N–H and O–H groups in total. The maximum Gasteiger partial charge on any atom is 0.206 e. The van der Waals surface area contributed by atoms with Gasteiger partial charge in [0.05, 0.1) is 30.4 Å². The Balaban J connectivity index is 2.14. The molecule has 0 unspecified atom stereocenters. The van der Waals surface area contributed by atoms with Crippen molar-refractivity contribution in [2.75, 3.05) is 19.8 Å². The molecule has 90 valence electrons. The van der Waals surface area contributed by atoms with E-state index in [1.165, 1.54) is 0 Å². The minimum absolute atomic E-state index is 0.123. The molecule has 1 aliphatic carbocycles. The molecule has 0 aromatic heterocycles. The summed E-state index contributed by atoms with van der Waals surface area (Å²) in [5, 5.41) is 0. The summed E-state index contributed by atoms with van der Waals surface area (Å²) in [5.41, 5.74) is 0. The Morgan fingerprint density at radius 2 is 2.31 bits per heavy atom. The fraction of sp³-hybridized carbons (Fsp3) is 0.667. The minimum atomic E-state index is -0.621. The summed E-state index contributed by atoms with van der Waals surface area (Å²) in [6.45, 7) is 7.61. The lowest BCUT2D eigenvalue weighted by Gasteiger charge is -2.40. The molecule has 2 atom stereocenters. The molecule has 0 aromatic rings. The Hall–Kier alpha value is -0.160. The molecule has 16 heavy (non-hydrogen) atoms. The van der Waals surface area contributed by atoms with Crippen LogP contribution in [0.15, 0.2) is 23.2 Å². The molecule has 0 bridgehead atoms. The molecule has 4 heteroatoms. The molecule has 3 nitrogen and oxygen atoms in total. The zero-order valence-corrected chi connectivity index (χ0v) is 11.0. The SMILES string of the molecule is C=CCO[C@@H]1CC=C(Br)C2(OCCO2)[C@@H]1C. The molecule has 1 aliphatic heterocycles. The number of halogens is 1. The molecular weight excluding hydrogens is 272 g/mol. The lowest BCUT2D eigenvalue weighted by atomic mass is 9.87. The Morgan fingerprint density at radius 1 is 1.62 bits per heavy atom. The van der Waals surface area contributed by atoms with Gasteiger partial charge >= 0.3 is 0 Å². The molecule has 0 saturated carbocycles. The first kappa shape index (κ1) is 12.3. The average molecular weight is 289 g/mol. The lowest BCUT2D eigenvalue weighted by Crippen LogP contribution is -2.47. The van der Waals surface area contributed by atoms with Crippen LogP contribution < -0.4 is 0 Å². The topological polar surface area (TPSA) is 27.7 Å². The predicted octanol–water partition coefficient (Wildman–Crippen LogP) is 2.62. The Kier molecular flexibility index (Phi) is 3.85. The van der Waals surface area contributed by atoms with E-state index in [9.17, 15) is 0 Å². The monoisotopic (exact) mass is 288 g/mol. The zero-order valence-electron chi connectivity index (χ0n) is 9.45. The van der Waals surface area contributed by atoms with Gasteiger partial charge in [-0.25, -0.2) is 0 Å². The molecule has 2 aliphatic rings. The number of hydrogen-bond acceptors (Lipinski definition) is 3. The lowest BCUT2D eigenvalue weighted by molar-refractivity contribution is -0.189. The Labute approximate surface area is 105 Å². The number of hydrogen-bond donors (Lipinski definition) is 0. The van der Waals surface area contributed by atoms with Gasteiger partial charge in [-0.3, -0.25) is 0 Å². The smallest absolute Gasteiger partial charge is 0.206 e. The average Bonchev–Trinajstić information content (AvgIpc) is 2.76. The van der Waals surface area contributed by atoms with Crippen molar-refractivity contribution in [1.82, 2.24) is 0 Å². The first-order chi connectivity index (χ1) is 7.70. The molecular formula is C12H17BrO3. The molecule has 0 amide bonds. The number of rotatable bonds is 3. The first-order valence-corrected chi connectivity index (χ1v) is 6.36. The molecule has 1 saturated heterocycles. The van der Waals surface area contributed by atoms with Crippen LogP contribution in [0.2, 0.25) is 0 Å². The van der Waals surface area contributed by atoms with Crippen molar-refractivity contribution in [2.24, 2.45) is 5.92 Å². The van der Waals surface area contributed by atoms with E-state index in [1.807, 2.05) is 0 Å². The van der Waals surface area contributed by atoms with E-state index in [2.05, 4.69) is 35.5 Å². The van der Waals surface area contributed by atoms with Crippen LogP contribution >= 0.6 is 15.9 Å². The summed E-state index contributed by atoms with van der Waals surface area (Å²) in [6, 6.07) is 0. The van der Waals surface area contributed by atoms with Crippen LogP contribution in [-0.2, 0) is 14.2 Å². The maximum absolute atomic E-state index is 5.77. The summed E-state index contributed by atoms with van der Waals surface area (Å²) in [6.07, 6.45) is 4.85. The van der Waals surface area contributed by atoms with Crippen molar-refractivity contribution in [1.29, 1.82) is 0 Å². The van der Waals surface area contributed by atoms with Gasteiger partial charge in [-0.05, 0) is 6.42 Å². The normalized spacial score (nSPS) is 32.8. The standard InChI is InChI=1S/C12H17BrO3/c1-3-6-14-10-4-5-11(13)12(9(10)2)15-7-8-16-12/h3,5,9-10H,1,4,6-8H2,2H3/t9-,10-/m1/s1. The van der Waals surface area contributed by atoms with Crippen molar-refractivity contribution < 1.29 is 14.2 Å². The highest BCUT2D eigenvalue weighted by Gasteiger charge is 2.50. The zero-order chi connectivity index (χ0) is 11.6. The molecule has 0 aromatic carbocycles. The van der Waals surface area contributed by atoms with Crippen molar-refractivity contribution in [2.45, 2.75) is 25.2 Å². The Bertz CT molecular complexity index is 295. The van der Waals surface area contributed by atoms with Crippen molar-refractivity contribution >= 4 is 15.9 Å². The third kappa shape index (κ3) is 1.99. The van der Waals surface area contributed by atoms with Gasteiger partial charge in [-0.15, -0.1) is 6.58 Å². The fourth-order valence-electron chi connectivity index (χ4n) is 2.26. The van der Waals surface area contributed by atoms with E-state index in [4.69, 9.17) is 14.2 Å². The highest BCUT2D eigenvalue weighted by atomic mass is 79.9. The van der Waals surface area contributed by atoms with Crippen LogP contribution in [0.1, 0.15) is 13.3 Å². The van der Waals surface area contributed by atoms with Crippen LogP contribution in [0.25, 0.3) is 0 Å². The second-order valence-electron chi connectivity index (χ2n) is 4.10. The summed E-state index contributed by atoms with van der Waals surface area (Å²) < 4.78 is 18.3. The molecule has 1 spiro atoms. The van der Waals surface area contributed by atoms with Gasteiger partial charge in [0, 0.05) is 5.92 Å². The van der Waals surface area contributed by atoms with Gasteiger partial charge in [0.15, 0.2) is 0 Å². The first-order valence-electron chi connectivity index (χ1n) is 5.57. The second kappa shape index (κ2) is 5.00. The molecule has 1 heterocycles. The summed E-state index contributed by atoms with van der Waals surface area (Å²) in [5.74, 6) is -0.446. The van der Waals surface area contributed by atoms with Gasteiger partial charge in [0.2, 0.25) is 5.79 Å². The summed E-state index contributed by atoms with van der Waals surface area (Å²) >= 11 is 3.54. The highest BCUT2D eigenvalue weighted by molar-refractivity contribution is 9.11. The Morgan fingerprint density at radius 3 is 2.94 bits per heavy atom. The second-order valence-corrected chi connectivity index (χ2v) is 4.96. The van der Waals surface area contributed by atoms with E-state index in [1.54, 1.807) is 6.08 Å². The quantitative estimate of drug-likeness (QED) is 0.747. The van der Waals surface area contributed by atoms with Gasteiger partial charge in [0.1, 0.15) is 0 Å². The van der Waals surface area contributed by atoms with Gasteiger partial charge in [0.25, 0.3) is 0 Å². The van der Waals surface area contributed by atoms with E-state index in [0.717, 1.165) is 10.9 Å². The van der Waals surface area contributed by atoms with Crippen LogP contribution in [0.3, 0.4) is 0 Å². The predicted molar refractivity (Wildman–Crippen MR) is 65.4 cm³/mol. The maximum atomic E-state index is 5.77. The van der Waals surface area contributed by atoms with Crippen LogP contribution in [0, 0.1) is 5.92 Å². The van der Waals surface area contributed by atoms with Gasteiger partial charge in [-0.1, -0.05) is 35.0 Å². The van der Waals surface area contributed by atoms with Crippen LogP contribution in [-0.4, -0.2) is 31.7 Å². The van der Waals surface area contributed by atoms with E-state index >= 15 is 0 Å². The summed E-state index contributed by atoms with van der Waals surface area (Å²) in [7, 11) is 0. The highest BCUT2D eigenvalue weighted by Crippen LogP contribution is 2.44. The van der Waals surface area contributed by atoms with E-state index < -0.39 is 5.79 Å². The van der Waals surface area contributed by atoms with Crippen molar-refractivity contribution in [3.63, 3.8) is 0 Å².